The van der Waals surface area contributed by atoms with Crippen LogP contribution in [0.25, 0.3) is 11.4 Å². The molecule has 0 spiro atoms. The Morgan fingerprint density at radius 1 is 1.12 bits per heavy atom. The monoisotopic (exact) mass is 433 g/mol. The molecular formula is C21H23N9O2. The van der Waals surface area contributed by atoms with Crippen molar-refractivity contribution in [1.29, 1.82) is 0 Å². The number of hydrogen-bond donors (Lipinski definition) is 2. The van der Waals surface area contributed by atoms with Crippen LogP contribution in [0.5, 0.6) is 5.88 Å². The zero-order chi connectivity index (χ0) is 22.1. The number of rotatable bonds is 6. The van der Waals surface area contributed by atoms with Crippen molar-refractivity contribution >= 4 is 17.6 Å². The van der Waals surface area contributed by atoms with Crippen LogP contribution >= 0.6 is 0 Å². The van der Waals surface area contributed by atoms with Gasteiger partial charge in [0, 0.05) is 48.5 Å². The van der Waals surface area contributed by atoms with Gasteiger partial charge in [-0.05, 0) is 26.7 Å². The molecule has 1 fully saturated rings. The van der Waals surface area contributed by atoms with Crippen molar-refractivity contribution in [2.24, 2.45) is 0 Å². The van der Waals surface area contributed by atoms with Gasteiger partial charge in [-0.3, -0.25) is 5.10 Å². The Hall–Kier alpha value is -4.02. The van der Waals surface area contributed by atoms with E-state index in [2.05, 4.69) is 40.5 Å². The Labute approximate surface area is 184 Å². The fraction of sp³-hybridized carbons (Fsp3) is 0.333. The highest BCUT2D eigenvalue weighted by Gasteiger charge is 2.32. The summed E-state index contributed by atoms with van der Waals surface area (Å²) in [6, 6.07) is 5.68. The number of aryl methyl sites for hydroxylation is 2. The SMILES string of the molecule is COc1nccnc1-c1cc(C2CCCN2c2nc(C)cc(Nc3cc(C)[nH]n3)n2)on1. The molecule has 4 aromatic rings. The molecule has 5 heterocycles. The molecule has 0 bridgehead atoms. The van der Waals surface area contributed by atoms with Crippen molar-refractivity contribution < 1.29 is 9.26 Å². The molecule has 1 atom stereocenters. The van der Waals surface area contributed by atoms with Crippen LogP contribution in [0, 0.1) is 13.8 Å². The minimum atomic E-state index is -0.0267. The van der Waals surface area contributed by atoms with Crippen LogP contribution in [0.2, 0.25) is 0 Å². The van der Waals surface area contributed by atoms with Crippen LogP contribution in [0.1, 0.15) is 36.0 Å². The van der Waals surface area contributed by atoms with Gasteiger partial charge in [-0.25, -0.2) is 15.0 Å². The maximum atomic E-state index is 5.71. The third kappa shape index (κ3) is 3.84. The van der Waals surface area contributed by atoms with Crippen molar-refractivity contribution in [3.63, 3.8) is 0 Å². The fourth-order valence-electron chi connectivity index (χ4n) is 3.87. The van der Waals surface area contributed by atoms with Gasteiger partial charge >= 0.3 is 0 Å². The normalized spacial score (nSPS) is 15.8. The molecule has 11 heteroatoms. The maximum absolute atomic E-state index is 5.71. The summed E-state index contributed by atoms with van der Waals surface area (Å²) in [4.78, 5) is 20.1. The molecule has 2 N–H and O–H groups in total. The number of H-pyrrole nitrogens is 1. The Kier molecular flexibility index (Phi) is 5.13. The predicted octanol–water partition coefficient (Wildman–Crippen LogP) is 3.36. The van der Waals surface area contributed by atoms with E-state index in [1.807, 2.05) is 32.0 Å². The van der Waals surface area contributed by atoms with E-state index in [0.29, 0.717) is 34.9 Å². The lowest BCUT2D eigenvalue weighted by atomic mass is 10.1. The molecule has 0 radical (unpaired) electrons. The predicted molar refractivity (Wildman–Crippen MR) is 117 cm³/mol. The second-order valence-electron chi connectivity index (χ2n) is 7.64. The summed E-state index contributed by atoms with van der Waals surface area (Å²) in [5.41, 5.74) is 2.96. The summed E-state index contributed by atoms with van der Waals surface area (Å²) in [6.07, 6.45) is 5.08. The van der Waals surface area contributed by atoms with E-state index in [1.54, 1.807) is 19.5 Å². The molecule has 4 aromatic heterocycles. The zero-order valence-electron chi connectivity index (χ0n) is 18.0. The topological polar surface area (TPSA) is 131 Å². The lowest BCUT2D eigenvalue weighted by Crippen LogP contribution is -2.25. The second kappa shape index (κ2) is 8.25. The molecule has 0 aromatic carbocycles. The quantitative estimate of drug-likeness (QED) is 0.466. The lowest BCUT2D eigenvalue weighted by molar-refractivity contribution is 0.361. The Morgan fingerprint density at radius 3 is 2.81 bits per heavy atom. The first kappa shape index (κ1) is 19.9. The molecule has 5 rings (SSSR count). The molecule has 0 saturated carbocycles. The van der Waals surface area contributed by atoms with Gasteiger partial charge in [0.15, 0.2) is 17.3 Å². The molecule has 1 unspecified atom stereocenters. The number of aromatic nitrogens is 7. The Bertz CT molecular complexity index is 1240. The van der Waals surface area contributed by atoms with Gasteiger partial charge in [0.2, 0.25) is 11.8 Å². The van der Waals surface area contributed by atoms with Crippen LogP contribution < -0.4 is 15.0 Å². The van der Waals surface area contributed by atoms with E-state index in [-0.39, 0.29) is 6.04 Å². The van der Waals surface area contributed by atoms with Crippen LogP contribution in [0.4, 0.5) is 17.6 Å². The smallest absolute Gasteiger partial charge is 0.242 e. The lowest BCUT2D eigenvalue weighted by Gasteiger charge is -2.23. The van der Waals surface area contributed by atoms with Crippen LogP contribution in [0.3, 0.4) is 0 Å². The van der Waals surface area contributed by atoms with Gasteiger partial charge in [-0.2, -0.15) is 10.1 Å². The van der Waals surface area contributed by atoms with Gasteiger partial charge in [-0.1, -0.05) is 5.16 Å². The number of nitrogens with one attached hydrogen (secondary N) is 2. The third-order valence-corrected chi connectivity index (χ3v) is 5.27. The summed E-state index contributed by atoms with van der Waals surface area (Å²) >= 11 is 0. The highest BCUT2D eigenvalue weighted by atomic mass is 16.5. The van der Waals surface area contributed by atoms with Gasteiger partial charge in [0.25, 0.3) is 0 Å². The van der Waals surface area contributed by atoms with Crippen molar-refractivity contribution in [2.75, 3.05) is 23.9 Å². The first-order valence-electron chi connectivity index (χ1n) is 10.3. The average Bonchev–Trinajstić information content (AvgIpc) is 3.54. The van der Waals surface area contributed by atoms with E-state index in [4.69, 9.17) is 14.2 Å². The van der Waals surface area contributed by atoms with Crippen molar-refractivity contribution in [3.8, 4) is 17.3 Å². The molecule has 11 nitrogen and oxygen atoms in total. The van der Waals surface area contributed by atoms with Crippen molar-refractivity contribution in [1.82, 2.24) is 35.3 Å². The summed E-state index contributed by atoms with van der Waals surface area (Å²) in [6.45, 7) is 4.72. The summed E-state index contributed by atoms with van der Waals surface area (Å²) in [5.74, 6) is 3.17. The molecule has 1 aliphatic heterocycles. The molecule has 32 heavy (non-hydrogen) atoms. The standard InChI is InChI=1S/C21H23N9O2/c1-12-9-17(25-18-10-13(2)27-28-18)26-21(24-12)30-8-4-5-15(30)16-11-14(29-32-16)19-20(31-3)23-7-6-22-19/h6-7,9-11,15H,4-5,8H2,1-3H3,(H2,24,25,26,27,28). The summed E-state index contributed by atoms with van der Waals surface area (Å²) in [5, 5.41) is 14.6. The molecule has 0 amide bonds. The average molecular weight is 433 g/mol. The minimum absolute atomic E-state index is 0.0267. The van der Waals surface area contributed by atoms with Gasteiger partial charge in [-0.15, -0.1) is 0 Å². The Morgan fingerprint density at radius 2 is 2.00 bits per heavy atom. The van der Waals surface area contributed by atoms with E-state index < -0.39 is 0 Å². The number of aromatic amines is 1. The van der Waals surface area contributed by atoms with Crippen LogP contribution in [-0.2, 0) is 0 Å². The molecule has 0 aliphatic carbocycles. The maximum Gasteiger partial charge on any atom is 0.242 e. The van der Waals surface area contributed by atoms with Gasteiger partial charge in [0.05, 0.1) is 13.2 Å². The zero-order valence-corrected chi connectivity index (χ0v) is 18.0. The van der Waals surface area contributed by atoms with Crippen molar-refractivity contribution in [2.45, 2.75) is 32.7 Å². The first-order valence-corrected chi connectivity index (χ1v) is 10.3. The molecule has 164 valence electrons. The number of nitrogens with zero attached hydrogens (tertiary/aromatic N) is 7. The Balaban J connectivity index is 1.42. The summed E-state index contributed by atoms with van der Waals surface area (Å²) < 4.78 is 11.0. The van der Waals surface area contributed by atoms with Crippen molar-refractivity contribution in [3.05, 3.63) is 47.7 Å². The van der Waals surface area contributed by atoms with Gasteiger partial charge in [0.1, 0.15) is 11.5 Å². The fourth-order valence-corrected chi connectivity index (χ4v) is 3.87. The number of anilines is 3. The summed E-state index contributed by atoms with van der Waals surface area (Å²) in [7, 11) is 1.55. The molecule has 1 saturated heterocycles. The van der Waals surface area contributed by atoms with E-state index in [1.165, 1.54) is 0 Å². The highest BCUT2D eigenvalue weighted by Crippen LogP contribution is 2.37. The molecular weight excluding hydrogens is 410 g/mol. The van der Waals surface area contributed by atoms with E-state index >= 15 is 0 Å². The first-order chi connectivity index (χ1) is 15.6. The van der Waals surface area contributed by atoms with Crippen LogP contribution in [-0.4, -0.2) is 48.9 Å². The number of hydrogen-bond acceptors (Lipinski definition) is 10. The second-order valence-corrected chi connectivity index (χ2v) is 7.64. The highest BCUT2D eigenvalue weighted by molar-refractivity contribution is 5.60. The van der Waals surface area contributed by atoms with E-state index in [9.17, 15) is 0 Å². The number of methoxy groups -OCH3 is 1. The third-order valence-electron chi connectivity index (χ3n) is 5.27. The van der Waals surface area contributed by atoms with Gasteiger partial charge < -0.3 is 19.5 Å². The number of ether oxygens (including phenoxy) is 1. The largest absolute Gasteiger partial charge is 0.479 e. The van der Waals surface area contributed by atoms with E-state index in [0.717, 1.165) is 36.5 Å². The minimum Gasteiger partial charge on any atom is -0.479 e. The molecule has 1 aliphatic rings. The van der Waals surface area contributed by atoms with Crippen LogP contribution in [0.15, 0.2) is 35.1 Å².